The fraction of sp³-hybridized carbons (Fsp3) is 0.615. The number of nitrogens with zero attached hydrogens (tertiary/aromatic N) is 2. The van der Waals surface area contributed by atoms with E-state index in [2.05, 4.69) is 45.7 Å². The standard InChI is InChI=1S/C13H21BrN2O/c1-4-11(5-2)16(6-7-17)13-12(14)8-10(3)9-15-13/h8-9,11,17H,4-7H2,1-3H3. The Kier molecular flexibility index (Phi) is 5.92. The first kappa shape index (κ1) is 14.5. The highest BCUT2D eigenvalue weighted by Crippen LogP contribution is 2.27. The molecule has 0 bridgehead atoms. The fourth-order valence-electron chi connectivity index (χ4n) is 2.04. The molecule has 1 aromatic rings. The average molecular weight is 301 g/mol. The molecule has 17 heavy (non-hydrogen) atoms. The molecule has 0 fully saturated rings. The number of hydrogen-bond donors (Lipinski definition) is 1. The van der Waals surface area contributed by atoms with Gasteiger partial charge in [0.25, 0.3) is 0 Å². The number of rotatable bonds is 6. The van der Waals surface area contributed by atoms with E-state index in [1.165, 1.54) is 0 Å². The van der Waals surface area contributed by atoms with Gasteiger partial charge in [-0.3, -0.25) is 0 Å². The maximum Gasteiger partial charge on any atom is 0.143 e. The largest absolute Gasteiger partial charge is 0.395 e. The van der Waals surface area contributed by atoms with Crippen molar-refractivity contribution in [3.63, 3.8) is 0 Å². The van der Waals surface area contributed by atoms with Gasteiger partial charge in [-0.15, -0.1) is 0 Å². The van der Waals surface area contributed by atoms with E-state index >= 15 is 0 Å². The van der Waals surface area contributed by atoms with Crippen molar-refractivity contribution in [1.82, 2.24) is 4.98 Å². The van der Waals surface area contributed by atoms with Gasteiger partial charge in [0.15, 0.2) is 0 Å². The highest BCUT2D eigenvalue weighted by Gasteiger charge is 2.18. The number of halogens is 1. The van der Waals surface area contributed by atoms with Gasteiger partial charge >= 0.3 is 0 Å². The molecule has 0 aromatic carbocycles. The minimum absolute atomic E-state index is 0.151. The van der Waals surface area contributed by atoms with Crippen LogP contribution < -0.4 is 4.90 Å². The van der Waals surface area contributed by atoms with Crippen LogP contribution in [0.2, 0.25) is 0 Å². The SMILES string of the molecule is CCC(CC)N(CCO)c1ncc(C)cc1Br. The van der Waals surface area contributed by atoms with Crippen LogP contribution in [0.4, 0.5) is 5.82 Å². The summed E-state index contributed by atoms with van der Waals surface area (Å²) in [6.45, 7) is 7.13. The molecule has 1 N–H and O–H groups in total. The zero-order chi connectivity index (χ0) is 12.8. The van der Waals surface area contributed by atoms with Crippen molar-refractivity contribution in [2.45, 2.75) is 39.7 Å². The van der Waals surface area contributed by atoms with Crippen molar-refractivity contribution in [3.8, 4) is 0 Å². The lowest BCUT2D eigenvalue weighted by Gasteiger charge is -2.31. The van der Waals surface area contributed by atoms with Crippen LogP contribution in [-0.4, -0.2) is 29.3 Å². The van der Waals surface area contributed by atoms with Crippen molar-refractivity contribution in [2.75, 3.05) is 18.1 Å². The monoisotopic (exact) mass is 300 g/mol. The Bertz CT molecular complexity index is 353. The van der Waals surface area contributed by atoms with Crippen molar-refractivity contribution in [3.05, 3.63) is 22.3 Å². The number of hydrogen-bond acceptors (Lipinski definition) is 3. The van der Waals surface area contributed by atoms with E-state index in [9.17, 15) is 5.11 Å². The molecule has 0 amide bonds. The molecule has 1 rings (SSSR count). The molecule has 0 atom stereocenters. The predicted octanol–water partition coefficient (Wildman–Crippen LogP) is 3.14. The summed E-state index contributed by atoms with van der Waals surface area (Å²) in [7, 11) is 0. The van der Waals surface area contributed by atoms with E-state index in [-0.39, 0.29) is 6.61 Å². The van der Waals surface area contributed by atoms with Crippen molar-refractivity contribution >= 4 is 21.7 Å². The fourth-order valence-corrected chi connectivity index (χ4v) is 2.73. The zero-order valence-corrected chi connectivity index (χ0v) is 12.4. The summed E-state index contributed by atoms with van der Waals surface area (Å²) in [5.41, 5.74) is 1.13. The van der Waals surface area contributed by atoms with Crippen molar-refractivity contribution in [1.29, 1.82) is 0 Å². The summed E-state index contributed by atoms with van der Waals surface area (Å²) < 4.78 is 0.998. The third kappa shape index (κ3) is 3.68. The highest BCUT2D eigenvalue weighted by molar-refractivity contribution is 9.10. The Morgan fingerprint density at radius 2 is 2.06 bits per heavy atom. The lowest BCUT2D eigenvalue weighted by Crippen LogP contribution is -2.37. The molecule has 0 aliphatic carbocycles. The van der Waals surface area contributed by atoms with Crippen molar-refractivity contribution < 1.29 is 5.11 Å². The lowest BCUT2D eigenvalue weighted by atomic mass is 10.1. The van der Waals surface area contributed by atoms with Crippen LogP contribution >= 0.6 is 15.9 Å². The second-order valence-corrected chi connectivity index (χ2v) is 5.06. The molecule has 1 aromatic heterocycles. The topological polar surface area (TPSA) is 36.4 Å². The van der Waals surface area contributed by atoms with Crippen LogP contribution in [0.1, 0.15) is 32.3 Å². The second-order valence-electron chi connectivity index (χ2n) is 4.21. The average Bonchev–Trinajstić information content (AvgIpc) is 2.30. The predicted molar refractivity (Wildman–Crippen MR) is 75.5 cm³/mol. The Balaban J connectivity index is 3.03. The van der Waals surface area contributed by atoms with Crippen LogP contribution in [-0.2, 0) is 0 Å². The lowest BCUT2D eigenvalue weighted by molar-refractivity contribution is 0.295. The molecule has 0 aliphatic rings. The summed E-state index contributed by atoms with van der Waals surface area (Å²) in [5, 5.41) is 9.20. The van der Waals surface area contributed by atoms with E-state index in [4.69, 9.17) is 0 Å². The van der Waals surface area contributed by atoms with Gasteiger partial charge in [0.05, 0.1) is 11.1 Å². The normalized spacial score (nSPS) is 10.9. The van der Waals surface area contributed by atoms with E-state index in [0.29, 0.717) is 12.6 Å². The molecule has 4 heteroatoms. The summed E-state index contributed by atoms with van der Waals surface area (Å²) >= 11 is 3.56. The number of anilines is 1. The number of aliphatic hydroxyl groups excluding tert-OH is 1. The highest BCUT2D eigenvalue weighted by atomic mass is 79.9. The van der Waals surface area contributed by atoms with E-state index in [0.717, 1.165) is 28.7 Å². The molecular weight excluding hydrogens is 280 g/mol. The third-order valence-electron chi connectivity index (χ3n) is 2.95. The maximum absolute atomic E-state index is 9.20. The van der Waals surface area contributed by atoms with Gasteiger partial charge in [-0.05, 0) is 47.3 Å². The van der Waals surface area contributed by atoms with Gasteiger partial charge in [0, 0.05) is 18.8 Å². The van der Waals surface area contributed by atoms with E-state index < -0.39 is 0 Å². The summed E-state index contributed by atoms with van der Waals surface area (Å²) in [4.78, 5) is 6.67. The van der Waals surface area contributed by atoms with E-state index in [1.54, 1.807) is 0 Å². The Morgan fingerprint density at radius 3 is 2.53 bits per heavy atom. The summed E-state index contributed by atoms with van der Waals surface area (Å²) in [6, 6.07) is 2.49. The number of pyridine rings is 1. The minimum atomic E-state index is 0.151. The van der Waals surface area contributed by atoms with Gasteiger partial charge in [0.2, 0.25) is 0 Å². The van der Waals surface area contributed by atoms with Crippen LogP contribution in [0.5, 0.6) is 0 Å². The molecule has 0 saturated heterocycles. The Morgan fingerprint density at radius 1 is 1.41 bits per heavy atom. The quantitative estimate of drug-likeness (QED) is 0.877. The molecule has 0 spiro atoms. The first-order chi connectivity index (χ1) is 8.13. The van der Waals surface area contributed by atoms with Crippen LogP contribution in [0, 0.1) is 6.92 Å². The zero-order valence-electron chi connectivity index (χ0n) is 10.8. The number of aliphatic hydroxyl groups is 1. The number of aryl methyl sites for hydroxylation is 1. The van der Waals surface area contributed by atoms with Crippen LogP contribution in [0.25, 0.3) is 0 Å². The third-order valence-corrected chi connectivity index (χ3v) is 3.54. The Labute approximate surface area is 112 Å². The molecule has 0 unspecified atom stereocenters. The van der Waals surface area contributed by atoms with Crippen molar-refractivity contribution in [2.24, 2.45) is 0 Å². The van der Waals surface area contributed by atoms with Gasteiger partial charge in [-0.25, -0.2) is 4.98 Å². The maximum atomic E-state index is 9.20. The van der Waals surface area contributed by atoms with Crippen LogP contribution in [0.3, 0.4) is 0 Å². The molecule has 3 nitrogen and oxygen atoms in total. The first-order valence-electron chi connectivity index (χ1n) is 6.13. The summed E-state index contributed by atoms with van der Waals surface area (Å²) in [6.07, 6.45) is 3.98. The number of aromatic nitrogens is 1. The molecule has 0 aliphatic heterocycles. The molecule has 96 valence electrons. The second kappa shape index (κ2) is 6.97. The van der Waals surface area contributed by atoms with Gasteiger partial charge in [-0.2, -0.15) is 0 Å². The molecule has 0 radical (unpaired) electrons. The molecule has 1 heterocycles. The molecule has 0 saturated carbocycles. The van der Waals surface area contributed by atoms with E-state index in [1.807, 2.05) is 13.1 Å². The smallest absolute Gasteiger partial charge is 0.143 e. The van der Waals surface area contributed by atoms with Gasteiger partial charge < -0.3 is 10.0 Å². The minimum Gasteiger partial charge on any atom is -0.395 e. The van der Waals surface area contributed by atoms with Crippen LogP contribution in [0.15, 0.2) is 16.7 Å². The first-order valence-corrected chi connectivity index (χ1v) is 6.92. The van der Waals surface area contributed by atoms with Gasteiger partial charge in [0.1, 0.15) is 5.82 Å². The molecular formula is C13H21BrN2O. The Hall–Kier alpha value is -0.610. The van der Waals surface area contributed by atoms with Gasteiger partial charge in [-0.1, -0.05) is 13.8 Å². The summed E-state index contributed by atoms with van der Waals surface area (Å²) in [5.74, 6) is 0.929.